The van der Waals surface area contributed by atoms with Crippen LogP contribution in [-0.2, 0) is 4.74 Å². The summed E-state index contributed by atoms with van der Waals surface area (Å²) >= 11 is 0. The molecule has 8 heteroatoms. The molecule has 2 fully saturated rings. The molecule has 156 valence electrons. The van der Waals surface area contributed by atoms with Gasteiger partial charge in [-0.3, -0.25) is 0 Å². The lowest BCUT2D eigenvalue weighted by molar-refractivity contribution is -0.0203. The number of nitrogens with zero attached hydrogens (tertiary/aromatic N) is 5. The fourth-order valence-electron chi connectivity index (χ4n) is 4.21. The molecule has 0 radical (unpaired) electrons. The molecule has 0 amide bonds. The Kier molecular flexibility index (Phi) is 6.39. The summed E-state index contributed by atoms with van der Waals surface area (Å²) in [6, 6.07) is 4.54. The SMILES string of the molecule is CC(C)[C@H]1OCCC[C@@H]1Nc1cc(NC2CCN(c3ncccn3)CC2)ncn1. The lowest BCUT2D eigenvalue weighted by atomic mass is 9.94. The Bertz CT molecular complexity index is 765. The molecular formula is C21H31N7O. The van der Waals surface area contributed by atoms with E-state index in [1.807, 2.05) is 12.1 Å². The van der Waals surface area contributed by atoms with Crippen LogP contribution >= 0.6 is 0 Å². The number of ether oxygens (including phenoxy) is 1. The van der Waals surface area contributed by atoms with Gasteiger partial charge in [-0.25, -0.2) is 19.9 Å². The Labute approximate surface area is 172 Å². The molecule has 0 unspecified atom stereocenters. The number of nitrogens with one attached hydrogen (secondary N) is 2. The quantitative estimate of drug-likeness (QED) is 0.769. The van der Waals surface area contributed by atoms with E-state index in [1.165, 1.54) is 0 Å². The van der Waals surface area contributed by atoms with E-state index in [-0.39, 0.29) is 6.10 Å². The maximum absolute atomic E-state index is 5.99. The lowest BCUT2D eigenvalue weighted by Gasteiger charge is -2.35. The molecule has 2 atom stereocenters. The van der Waals surface area contributed by atoms with E-state index in [1.54, 1.807) is 18.7 Å². The average molecular weight is 398 g/mol. The minimum atomic E-state index is 0.222. The van der Waals surface area contributed by atoms with Crippen LogP contribution in [0, 0.1) is 5.92 Å². The molecule has 29 heavy (non-hydrogen) atoms. The van der Waals surface area contributed by atoms with E-state index < -0.39 is 0 Å². The van der Waals surface area contributed by atoms with Crippen LogP contribution in [0.3, 0.4) is 0 Å². The second-order valence-electron chi connectivity index (χ2n) is 8.22. The maximum Gasteiger partial charge on any atom is 0.225 e. The van der Waals surface area contributed by atoms with E-state index >= 15 is 0 Å². The van der Waals surface area contributed by atoms with Gasteiger partial charge in [-0.1, -0.05) is 13.8 Å². The van der Waals surface area contributed by atoms with E-state index in [4.69, 9.17) is 4.74 Å². The standard InChI is InChI=1S/C21H31N7O/c1-15(2)20-17(5-3-12-29-20)27-19-13-18(24-14-25-19)26-16-6-10-28(11-7-16)21-22-8-4-9-23-21/h4,8-9,13-17,20H,3,5-7,10-12H2,1-2H3,(H2,24,25,26,27)/t17-,20+/m0/s1. The van der Waals surface area contributed by atoms with Gasteiger partial charge in [0.1, 0.15) is 18.0 Å². The Morgan fingerprint density at radius 3 is 2.45 bits per heavy atom. The van der Waals surface area contributed by atoms with Gasteiger partial charge in [0.15, 0.2) is 0 Å². The maximum atomic E-state index is 5.99. The molecule has 0 aromatic carbocycles. The van der Waals surface area contributed by atoms with Crippen molar-refractivity contribution in [3.05, 3.63) is 30.9 Å². The highest BCUT2D eigenvalue weighted by molar-refractivity contribution is 5.48. The predicted octanol–water partition coefficient (Wildman–Crippen LogP) is 2.96. The molecule has 2 saturated heterocycles. The Morgan fingerprint density at radius 1 is 1.00 bits per heavy atom. The van der Waals surface area contributed by atoms with Gasteiger partial charge in [-0.2, -0.15) is 0 Å². The van der Waals surface area contributed by atoms with E-state index in [0.717, 1.165) is 63.0 Å². The lowest BCUT2D eigenvalue weighted by Crippen LogP contribution is -2.43. The molecule has 0 bridgehead atoms. The van der Waals surface area contributed by atoms with Crippen molar-refractivity contribution in [3.63, 3.8) is 0 Å². The van der Waals surface area contributed by atoms with Crippen molar-refractivity contribution < 1.29 is 4.74 Å². The number of hydrogen-bond acceptors (Lipinski definition) is 8. The first-order chi connectivity index (χ1) is 14.2. The molecular weight excluding hydrogens is 366 g/mol. The highest BCUT2D eigenvalue weighted by Gasteiger charge is 2.29. The highest BCUT2D eigenvalue weighted by atomic mass is 16.5. The Morgan fingerprint density at radius 2 is 1.72 bits per heavy atom. The van der Waals surface area contributed by atoms with Crippen LogP contribution < -0.4 is 15.5 Å². The first kappa shape index (κ1) is 19.8. The van der Waals surface area contributed by atoms with Crippen molar-refractivity contribution in [2.24, 2.45) is 5.92 Å². The van der Waals surface area contributed by atoms with Gasteiger partial charge in [0.05, 0.1) is 12.1 Å². The first-order valence-corrected chi connectivity index (χ1v) is 10.7. The zero-order valence-corrected chi connectivity index (χ0v) is 17.3. The molecule has 2 aromatic heterocycles. The van der Waals surface area contributed by atoms with Crippen LogP contribution in [0.5, 0.6) is 0 Å². The third-order valence-electron chi connectivity index (χ3n) is 5.71. The summed E-state index contributed by atoms with van der Waals surface area (Å²) in [6.45, 7) is 7.15. The minimum absolute atomic E-state index is 0.222. The van der Waals surface area contributed by atoms with Crippen molar-refractivity contribution in [2.75, 3.05) is 35.2 Å². The third-order valence-corrected chi connectivity index (χ3v) is 5.71. The second kappa shape index (κ2) is 9.35. The molecule has 4 heterocycles. The van der Waals surface area contributed by atoms with Crippen LogP contribution in [0.1, 0.15) is 39.5 Å². The van der Waals surface area contributed by atoms with Gasteiger partial charge >= 0.3 is 0 Å². The molecule has 0 aliphatic carbocycles. The molecule has 2 aliphatic heterocycles. The summed E-state index contributed by atoms with van der Waals surface area (Å²) < 4.78 is 5.99. The summed E-state index contributed by atoms with van der Waals surface area (Å²) in [6.07, 6.45) is 9.68. The highest BCUT2D eigenvalue weighted by Crippen LogP contribution is 2.24. The molecule has 2 aliphatic rings. The van der Waals surface area contributed by atoms with Gasteiger partial charge < -0.3 is 20.3 Å². The van der Waals surface area contributed by atoms with E-state index in [2.05, 4.69) is 49.3 Å². The van der Waals surface area contributed by atoms with Crippen molar-refractivity contribution in [3.8, 4) is 0 Å². The van der Waals surface area contributed by atoms with Crippen LogP contribution in [0.4, 0.5) is 17.6 Å². The average Bonchev–Trinajstić information content (AvgIpc) is 2.75. The summed E-state index contributed by atoms with van der Waals surface area (Å²) in [4.78, 5) is 19.8. The van der Waals surface area contributed by atoms with Crippen molar-refractivity contribution in [1.82, 2.24) is 19.9 Å². The second-order valence-corrected chi connectivity index (χ2v) is 8.22. The normalized spacial score (nSPS) is 23.2. The fourth-order valence-corrected chi connectivity index (χ4v) is 4.21. The number of hydrogen-bond donors (Lipinski definition) is 2. The molecule has 4 rings (SSSR count). The van der Waals surface area contributed by atoms with Crippen molar-refractivity contribution in [2.45, 2.75) is 57.7 Å². The van der Waals surface area contributed by atoms with Crippen molar-refractivity contribution in [1.29, 1.82) is 0 Å². The molecule has 2 aromatic rings. The minimum Gasteiger partial charge on any atom is -0.376 e. The number of aromatic nitrogens is 4. The topological polar surface area (TPSA) is 88.1 Å². The first-order valence-electron chi connectivity index (χ1n) is 10.7. The molecule has 8 nitrogen and oxygen atoms in total. The summed E-state index contributed by atoms with van der Waals surface area (Å²) in [5.41, 5.74) is 0. The van der Waals surface area contributed by atoms with Crippen LogP contribution in [0.2, 0.25) is 0 Å². The Balaban J connectivity index is 1.32. The van der Waals surface area contributed by atoms with Gasteiger partial charge in [-0.05, 0) is 37.7 Å². The van der Waals surface area contributed by atoms with Crippen molar-refractivity contribution >= 4 is 17.6 Å². The monoisotopic (exact) mass is 397 g/mol. The van der Waals surface area contributed by atoms with Crippen LogP contribution in [-0.4, -0.2) is 57.8 Å². The summed E-state index contributed by atoms with van der Waals surface area (Å²) in [5, 5.41) is 7.15. The van der Waals surface area contributed by atoms with Crippen LogP contribution in [0.15, 0.2) is 30.9 Å². The van der Waals surface area contributed by atoms with Gasteiger partial charge in [-0.15, -0.1) is 0 Å². The molecule has 0 spiro atoms. The third kappa shape index (κ3) is 5.12. The molecule has 0 saturated carbocycles. The van der Waals surface area contributed by atoms with E-state index in [0.29, 0.717) is 18.0 Å². The summed E-state index contributed by atoms with van der Waals surface area (Å²) in [5.74, 6) is 3.02. The molecule has 2 N–H and O–H groups in total. The number of piperidine rings is 1. The van der Waals surface area contributed by atoms with Gasteiger partial charge in [0.25, 0.3) is 0 Å². The van der Waals surface area contributed by atoms with Gasteiger partial charge in [0, 0.05) is 44.2 Å². The van der Waals surface area contributed by atoms with Crippen LogP contribution in [0.25, 0.3) is 0 Å². The number of rotatable bonds is 6. The van der Waals surface area contributed by atoms with E-state index in [9.17, 15) is 0 Å². The smallest absolute Gasteiger partial charge is 0.225 e. The largest absolute Gasteiger partial charge is 0.376 e. The van der Waals surface area contributed by atoms with Gasteiger partial charge in [0.2, 0.25) is 5.95 Å². The zero-order chi connectivity index (χ0) is 20.1. The number of anilines is 3. The summed E-state index contributed by atoms with van der Waals surface area (Å²) in [7, 11) is 0. The Hall–Kier alpha value is -2.48. The fraction of sp³-hybridized carbons (Fsp3) is 0.619. The predicted molar refractivity (Wildman–Crippen MR) is 114 cm³/mol. The zero-order valence-electron chi connectivity index (χ0n) is 17.3.